The Bertz CT molecular complexity index is 501. The minimum atomic E-state index is -0.783. The van der Waals surface area contributed by atoms with Crippen molar-refractivity contribution in [3.8, 4) is 0 Å². The van der Waals surface area contributed by atoms with Gasteiger partial charge in [-0.05, 0) is 36.5 Å². The van der Waals surface area contributed by atoms with Gasteiger partial charge in [0.25, 0.3) is 0 Å². The summed E-state index contributed by atoms with van der Waals surface area (Å²) >= 11 is 0. The third-order valence-corrected chi connectivity index (χ3v) is 3.94. The Morgan fingerprint density at radius 1 is 1.39 bits per heavy atom. The van der Waals surface area contributed by atoms with Gasteiger partial charge in [-0.25, -0.2) is 9.18 Å². The monoisotopic (exact) mass is 249 g/mol. The van der Waals surface area contributed by atoms with Gasteiger partial charge < -0.3 is 10.1 Å². The van der Waals surface area contributed by atoms with E-state index in [0.717, 1.165) is 23.2 Å². The van der Waals surface area contributed by atoms with Crippen LogP contribution >= 0.6 is 0 Å². The Kier molecular flexibility index (Phi) is 2.82. The predicted octanol–water partition coefficient (Wildman–Crippen LogP) is 2.08. The van der Waals surface area contributed by atoms with Gasteiger partial charge >= 0.3 is 5.97 Å². The normalized spacial score (nSPS) is 26.9. The number of alkyl halides is 1. The number of halogens is 1. The molecular weight excluding hydrogens is 233 g/mol. The molecule has 96 valence electrons. The van der Waals surface area contributed by atoms with Crippen LogP contribution in [-0.2, 0) is 11.3 Å². The summed E-state index contributed by atoms with van der Waals surface area (Å²) < 4.78 is 18.5. The van der Waals surface area contributed by atoms with E-state index in [4.69, 9.17) is 4.74 Å². The fourth-order valence-electron chi connectivity index (χ4n) is 2.94. The molecule has 0 bridgehead atoms. The Labute approximate surface area is 105 Å². The highest BCUT2D eigenvalue weighted by atomic mass is 19.1. The van der Waals surface area contributed by atoms with Gasteiger partial charge in [0.15, 0.2) is 0 Å². The third-order valence-electron chi connectivity index (χ3n) is 3.94. The molecule has 1 fully saturated rings. The lowest BCUT2D eigenvalue weighted by Gasteiger charge is -2.27. The van der Waals surface area contributed by atoms with Crippen molar-refractivity contribution in [2.45, 2.75) is 32.0 Å². The number of cyclic esters (lactones) is 1. The molecule has 0 aliphatic carbocycles. The van der Waals surface area contributed by atoms with Crippen molar-refractivity contribution in [2.24, 2.45) is 0 Å². The van der Waals surface area contributed by atoms with Crippen LogP contribution < -0.4 is 5.32 Å². The number of rotatable bonds is 1. The second-order valence-corrected chi connectivity index (χ2v) is 5.07. The quantitative estimate of drug-likeness (QED) is 0.774. The van der Waals surface area contributed by atoms with Crippen molar-refractivity contribution >= 4 is 5.97 Å². The molecule has 4 heteroatoms. The van der Waals surface area contributed by atoms with Crippen LogP contribution in [0.2, 0.25) is 0 Å². The molecule has 0 aromatic heterocycles. The standard InChI is InChI=1S/C14H16FNO2/c1-8-11(9-4-10(15)6-16-5-9)2-3-12-13(8)7-18-14(12)17/h2-3,9-10,16H,4-7H2,1H3. The van der Waals surface area contributed by atoms with Gasteiger partial charge in [-0.15, -0.1) is 0 Å². The first-order chi connectivity index (χ1) is 8.66. The molecule has 3 rings (SSSR count). The molecule has 2 atom stereocenters. The van der Waals surface area contributed by atoms with Gasteiger partial charge in [0, 0.05) is 18.7 Å². The summed E-state index contributed by atoms with van der Waals surface area (Å²) in [5.41, 5.74) is 3.86. The topological polar surface area (TPSA) is 38.3 Å². The number of benzene rings is 1. The van der Waals surface area contributed by atoms with Crippen LogP contribution in [0, 0.1) is 6.92 Å². The summed E-state index contributed by atoms with van der Waals surface area (Å²) in [6.07, 6.45) is -0.226. The first-order valence-electron chi connectivity index (χ1n) is 6.31. The van der Waals surface area contributed by atoms with Gasteiger partial charge in [0.2, 0.25) is 0 Å². The molecule has 1 aromatic rings. The zero-order valence-electron chi connectivity index (χ0n) is 10.3. The number of ether oxygens (including phenoxy) is 1. The molecule has 18 heavy (non-hydrogen) atoms. The Morgan fingerprint density at radius 2 is 2.22 bits per heavy atom. The lowest BCUT2D eigenvalue weighted by molar-refractivity contribution is 0.0535. The molecule has 2 heterocycles. The predicted molar refractivity (Wildman–Crippen MR) is 65.4 cm³/mol. The van der Waals surface area contributed by atoms with Crippen LogP contribution in [-0.4, -0.2) is 25.2 Å². The average Bonchev–Trinajstić information content (AvgIpc) is 2.73. The number of esters is 1. The first kappa shape index (κ1) is 11.7. The van der Waals surface area contributed by atoms with Crippen molar-refractivity contribution < 1.29 is 13.9 Å². The highest BCUT2D eigenvalue weighted by molar-refractivity contribution is 5.93. The Balaban J connectivity index is 1.96. The molecule has 3 nitrogen and oxygen atoms in total. The summed E-state index contributed by atoms with van der Waals surface area (Å²) in [5.74, 6) is -0.0560. The Morgan fingerprint density at radius 3 is 3.00 bits per heavy atom. The lowest BCUT2D eigenvalue weighted by Crippen LogP contribution is -2.36. The molecule has 2 unspecified atom stereocenters. The van der Waals surface area contributed by atoms with Gasteiger partial charge in [-0.2, -0.15) is 0 Å². The van der Waals surface area contributed by atoms with Crippen LogP contribution in [0.1, 0.15) is 39.4 Å². The average molecular weight is 249 g/mol. The van der Waals surface area contributed by atoms with Crippen molar-refractivity contribution in [3.05, 3.63) is 34.4 Å². The summed E-state index contributed by atoms with van der Waals surface area (Å²) in [4.78, 5) is 11.5. The molecule has 0 amide bonds. The van der Waals surface area contributed by atoms with E-state index in [2.05, 4.69) is 5.32 Å². The van der Waals surface area contributed by atoms with E-state index in [1.54, 1.807) is 0 Å². The number of carbonyl (C=O) groups excluding carboxylic acids is 1. The maximum absolute atomic E-state index is 13.4. The van der Waals surface area contributed by atoms with Gasteiger partial charge in [0.1, 0.15) is 12.8 Å². The zero-order valence-corrected chi connectivity index (χ0v) is 10.3. The highest BCUT2D eigenvalue weighted by Gasteiger charge is 2.28. The van der Waals surface area contributed by atoms with Crippen molar-refractivity contribution in [1.82, 2.24) is 5.32 Å². The molecule has 0 spiro atoms. The van der Waals surface area contributed by atoms with E-state index in [9.17, 15) is 9.18 Å². The van der Waals surface area contributed by atoms with E-state index in [-0.39, 0.29) is 11.9 Å². The second-order valence-electron chi connectivity index (χ2n) is 5.07. The molecular formula is C14H16FNO2. The van der Waals surface area contributed by atoms with E-state index in [0.29, 0.717) is 25.1 Å². The Hall–Kier alpha value is -1.42. The van der Waals surface area contributed by atoms with Crippen LogP contribution in [0.3, 0.4) is 0 Å². The molecule has 0 saturated carbocycles. The fourth-order valence-corrected chi connectivity index (χ4v) is 2.94. The van der Waals surface area contributed by atoms with Crippen LogP contribution in [0.5, 0.6) is 0 Å². The molecule has 1 N–H and O–H groups in total. The first-order valence-corrected chi connectivity index (χ1v) is 6.31. The smallest absolute Gasteiger partial charge is 0.338 e. The summed E-state index contributed by atoms with van der Waals surface area (Å²) in [7, 11) is 0. The molecule has 1 aromatic carbocycles. The van der Waals surface area contributed by atoms with Gasteiger partial charge in [0.05, 0.1) is 5.56 Å². The number of nitrogens with one attached hydrogen (secondary N) is 1. The largest absolute Gasteiger partial charge is 0.457 e. The van der Waals surface area contributed by atoms with E-state index >= 15 is 0 Å². The maximum Gasteiger partial charge on any atom is 0.338 e. The molecule has 1 saturated heterocycles. The summed E-state index contributed by atoms with van der Waals surface area (Å²) in [6, 6.07) is 3.76. The number of hydrogen-bond acceptors (Lipinski definition) is 3. The zero-order chi connectivity index (χ0) is 12.7. The third kappa shape index (κ3) is 1.81. The fraction of sp³-hybridized carbons (Fsp3) is 0.500. The molecule has 2 aliphatic rings. The maximum atomic E-state index is 13.4. The minimum absolute atomic E-state index is 0.190. The van der Waals surface area contributed by atoms with Crippen LogP contribution in [0.15, 0.2) is 12.1 Å². The van der Waals surface area contributed by atoms with Crippen molar-refractivity contribution in [3.63, 3.8) is 0 Å². The number of fused-ring (bicyclic) bond motifs is 1. The second kappa shape index (κ2) is 4.35. The van der Waals surface area contributed by atoms with Crippen molar-refractivity contribution in [1.29, 1.82) is 0 Å². The minimum Gasteiger partial charge on any atom is -0.457 e. The highest BCUT2D eigenvalue weighted by Crippen LogP contribution is 2.32. The molecule has 0 radical (unpaired) electrons. The number of hydrogen-bond donors (Lipinski definition) is 1. The van der Waals surface area contributed by atoms with E-state index in [1.807, 2.05) is 19.1 Å². The summed E-state index contributed by atoms with van der Waals surface area (Å²) in [6.45, 7) is 3.60. The molecule has 2 aliphatic heterocycles. The van der Waals surface area contributed by atoms with Crippen LogP contribution in [0.4, 0.5) is 4.39 Å². The SMILES string of the molecule is Cc1c(C2CNCC(F)C2)ccc2c1COC2=O. The van der Waals surface area contributed by atoms with Crippen molar-refractivity contribution in [2.75, 3.05) is 13.1 Å². The van der Waals surface area contributed by atoms with E-state index in [1.165, 1.54) is 0 Å². The van der Waals surface area contributed by atoms with Crippen LogP contribution in [0.25, 0.3) is 0 Å². The van der Waals surface area contributed by atoms with E-state index < -0.39 is 6.17 Å². The summed E-state index contributed by atoms with van der Waals surface area (Å²) in [5, 5.41) is 3.11. The lowest BCUT2D eigenvalue weighted by atomic mass is 9.85. The van der Waals surface area contributed by atoms with Gasteiger partial charge in [-0.3, -0.25) is 0 Å². The van der Waals surface area contributed by atoms with Gasteiger partial charge in [-0.1, -0.05) is 6.07 Å². The number of carbonyl (C=O) groups is 1. The number of piperidine rings is 1.